The fourth-order valence-corrected chi connectivity index (χ4v) is 12.5. The van der Waals surface area contributed by atoms with Crippen molar-refractivity contribution in [1.29, 1.82) is 0 Å². The molecule has 16 rings (SSSR count). The lowest BCUT2D eigenvalue weighted by atomic mass is 10.1. The van der Waals surface area contributed by atoms with Crippen LogP contribution in [0.2, 0.25) is 0 Å². The van der Waals surface area contributed by atoms with E-state index in [1.54, 1.807) is 0 Å². The Morgan fingerprint density at radius 2 is 0.451 bits per heavy atom. The van der Waals surface area contributed by atoms with Crippen LogP contribution in [0.15, 0.2) is 370 Å². The molecule has 0 atom stereocenters. The quantitative estimate of drug-likeness (QED) is 0.108. The Kier molecular flexibility index (Phi) is 15.9. The Balaban J connectivity index is 0.000000157. The maximum atomic E-state index is 4.85. The number of benzene rings is 13. The van der Waals surface area contributed by atoms with Crippen molar-refractivity contribution in [3.8, 4) is 11.4 Å². The highest BCUT2D eigenvalue weighted by Crippen LogP contribution is 2.44. The van der Waals surface area contributed by atoms with Crippen molar-refractivity contribution in [2.75, 3.05) is 19.6 Å². The summed E-state index contributed by atoms with van der Waals surface area (Å²) in [6, 6.07) is 128. The summed E-state index contributed by atoms with van der Waals surface area (Å²) >= 11 is 0. The number of para-hydroxylation sites is 9. The molecule has 0 aliphatic rings. The molecule has 91 heavy (non-hydrogen) atoms. The van der Waals surface area contributed by atoms with Gasteiger partial charge in [-0.3, -0.25) is 4.98 Å². The second-order valence-corrected chi connectivity index (χ2v) is 22.0. The summed E-state index contributed by atoms with van der Waals surface area (Å²) in [6.07, 6.45) is 1.88. The van der Waals surface area contributed by atoms with Crippen molar-refractivity contribution in [2.45, 2.75) is 7.43 Å². The number of rotatable bonds is 14. The molecule has 3 heterocycles. The van der Waals surface area contributed by atoms with Gasteiger partial charge in [0.15, 0.2) is 0 Å². The van der Waals surface area contributed by atoms with E-state index in [9.17, 15) is 0 Å². The smallest absolute Gasteiger partial charge is 0.0964 e. The fourth-order valence-electron chi connectivity index (χ4n) is 12.5. The van der Waals surface area contributed by atoms with E-state index < -0.39 is 0 Å². The lowest BCUT2D eigenvalue weighted by molar-refractivity contribution is 1.17. The van der Waals surface area contributed by atoms with Crippen molar-refractivity contribution < 1.29 is 0 Å². The molecular weight excluding hydrogens is 1110 g/mol. The standard InChI is InChI=1S/C42H31N3.C41H30N4.CH4/c1-5-15-32(16-6-1)43(33-17-7-2-8-18-33)36-25-27-37(28-26-36)44(34-19-9-3-10-20-34)38-29-30-42-40(31-38)39-23-13-14-24-41(39)45(42)35-21-11-4-12-22-35;1-5-14-31(15-6-1)43(32-16-7-2-8-17-32)35-23-25-36(26-24-35)44(33-18-9-3-10-19-33)37-27-28-39-38(30-37)41-40(22-13-29-42-41)45(39)34-20-11-4-12-21-34;/h1-31H;1-30H;1H4. The Morgan fingerprint density at radius 3 is 0.824 bits per heavy atom. The Morgan fingerprint density at radius 1 is 0.198 bits per heavy atom. The number of nitrogens with zero attached hydrogens (tertiary/aromatic N) is 7. The third kappa shape index (κ3) is 11.2. The maximum absolute atomic E-state index is 4.85. The lowest BCUT2D eigenvalue weighted by Gasteiger charge is -2.28. The third-order valence-corrected chi connectivity index (χ3v) is 16.5. The second kappa shape index (κ2) is 25.6. The average molecular weight is 1170 g/mol. The van der Waals surface area contributed by atoms with Gasteiger partial charge in [-0.15, -0.1) is 0 Å². The molecule has 0 radical (unpaired) electrons. The number of pyridine rings is 1. The van der Waals surface area contributed by atoms with Gasteiger partial charge in [0.05, 0.1) is 27.6 Å². The highest BCUT2D eigenvalue weighted by atomic mass is 15.2. The zero-order chi connectivity index (χ0) is 60.0. The van der Waals surface area contributed by atoms with Crippen LogP contribution in [0.4, 0.5) is 68.2 Å². The Bertz CT molecular complexity index is 4630. The molecule has 0 aliphatic heterocycles. The van der Waals surface area contributed by atoms with Gasteiger partial charge < -0.3 is 28.7 Å². The molecule has 436 valence electrons. The zero-order valence-electron chi connectivity index (χ0n) is 49.3. The highest BCUT2D eigenvalue weighted by molar-refractivity contribution is 6.11. The molecule has 7 nitrogen and oxygen atoms in total. The summed E-state index contributed by atoms with van der Waals surface area (Å²) in [7, 11) is 0. The van der Waals surface area contributed by atoms with Crippen molar-refractivity contribution in [3.63, 3.8) is 0 Å². The van der Waals surface area contributed by atoms with E-state index in [0.29, 0.717) is 0 Å². The van der Waals surface area contributed by atoms with Crippen LogP contribution in [0.5, 0.6) is 0 Å². The number of hydrogen-bond acceptors (Lipinski definition) is 5. The van der Waals surface area contributed by atoms with E-state index in [1.165, 1.54) is 21.8 Å². The SMILES string of the molecule is C.c1ccc(N(c2ccccc2)c2ccc(N(c3ccccc3)c3ccc4c(c3)c3ccccc3n4-c3ccccc3)cc2)cc1.c1ccc(N(c2ccccc2)c2ccc(N(c3ccccc3)c3ccc4c(c3)c3ncccc3n4-c3ccccc3)cc2)cc1. The largest absolute Gasteiger partial charge is 0.311 e. The van der Waals surface area contributed by atoms with Crippen LogP contribution in [0.25, 0.3) is 55.1 Å². The van der Waals surface area contributed by atoms with E-state index >= 15 is 0 Å². The minimum absolute atomic E-state index is 0. The van der Waals surface area contributed by atoms with Crippen molar-refractivity contribution in [1.82, 2.24) is 14.1 Å². The Hall–Kier alpha value is -12.2. The van der Waals surface area contributed by atoms with E-state index in [-0.39, 0.29) is 7.43 Å². The lowest BCUT2D eigenvalue weighted by Crippen LogP contribution is -2.12. The Labute approximate surface area is 531 Å². The number of anilines is 12. The monoisotopic (exact) mass is 1170 g/mol. The number of fused-ring (bicyclic) bond motifs is 6. The minimum Gasteiger partial charge on any atom is -0.311 e. The first-order chi connectivity index (χ1) is 44.7. The first-order valence-electron chi connectivity index (χ1n) is 30.4. The summed E-state index contributed by atoms with van der Waals surface area (Å²) in [5.41, 5.74) is 21.1. The summed E-state index contributed by atoms with van der Waals surface area (Å²) in [4.78, 5) is 14.1. The van der Waals surface area contributed by atoms with Gasteiger partial charge in [0.2, 0.25) is 0 Å². The first-order valence-corrected chi connectivity index (χ1v) is 30.4. The molecule has 0 fully saturated rings. The third-order valence-electron chi connectivity index (χ3n) is 16.5. The van der Waals surface area contributed by atoms with Crippen LogP contribution in [-0.4, -0.2) is 14.1 Å². The second-order valence-electron chi connectivity index (χ2n) is 22.0. The van der Waals surface area contributed by atoms with Crippen LogP contribution < -0.4 is 19.6 Å². The highest BCUT2D eigenvalue weighted by Gasteiger charge is 2.22. The van der Waals surface area contributed by atoms with Crippen LogP contribution in [0.3, 0.4) is 0 Å². The predicted octanol–water partition coefficient (Wildman–Crippen LogP) is 23.5. The van der Waals surface area contributed by atoms with Crippen LogP contribution >= 0.6 is 0 Å². The van der Waals surface area contributed by atoms with E-state index in [0.717, 1.165) is 102 Å². The summed E-state index contributed by atoms with van der Waals surface area (Å²) < 4.78 is 4.66. The van der Waals surface area contributed by atoms with E-state index in [1.807, 2.05) is 12.3 Å². The molecule has 0 bridgehead atoms. The molecule has 0 spiro atoms. The van der Waals surface area contributed by atoms with Gasteiger partial charge in [-0.2, -0.15) is 0 Å². The van der Waals surface area contributed by atoms with Crippen molar-refractivity contribution >= 4 is 112 Å². The van der Waals surface area contributed by atoms with Crippen molar-refractivity contribution in [3.05, 3.63) is 370 Å². The van der Waals surface area contributed by atoms with E-state index in [4.69, 9.17) is 4.98 Å². The van der Waals surface area contributed by atoms with Gasteiger partial charge in [-0.25, -0.2) is 0 Å². The van der Waals surface area contributed by atoms with Gasteiger partial charge in [-0.05, 0) is 200 Å². The molecule has 7 heteroatoms. The first kappa shape index (κ1) is 56.6. The normalized spacial score (nSPS) is 11.0. The zero-order valence-corrected chi connectivity index (χ0v) is 49.3. The van der Waals surface area contributed by atoms with Gasteiger partial charge >= 0.3 is 0 Å². The van der Waals surface area contributed by atoms with Gasteiger partial charge in [0.1, 0.15) is 0 Å². The molecule has 3 aromatic heterocycles. The summed E-state index contributed by atoms with van der Waals surface area (Å²) in [5, 5.41) is 3.58. The molecule has 0 saturated carbocycles. The van der Waals surface area contributed by atoms with Gasteiger partial charge in [0.25, 0.3) is 0 Å². The maximum Gasteiger partial charge on any atom is 0.0964 e. The van der Waals surface area contributed by atoms with Gasteiger partial charge in [-0.1, -0.05) is 171 Å². The molecular formula is C84H65N7. The molecule has 0 amide bonds. The van der Waals surface area contributed by atoms with E-state index in [2.05, 4.69) is 387 Å². The summed E-state index contributed by atoms with van der Waals surface area (Å²) in [6.45, 7) is 0. The van der Waals surface area contributed by atoms with Crippen LogP contribution in [0.1, 0.15) is 7.43 Å². The van der Waals surface area contributed by atoms with Gasteiger partial charge in [0, 0.05) is 102 Å². The molecule has 0 aliphatic carbocycles. The summed E-state index contributed by atoms with van der Waals surface area (Å²) in [5.74, 6) is 0. The molecule has 16 aromatic rings. The molecule has 0 saturated heterocycles. The number of hydrogen-bond donors (Lipinski definition) is 0. The predicted molar refractivity (Wildman–Crippen MR) is 385 cm³/mol. The van der Waals surface area contributed by atoms with Crippen LogP contribution in [-0.2, 0) is 0 Å². The minimum atomic E-state index is 0. The molecule has 0 unspecified atom stereocenters. The molecule has 0 N–H and O–H groups in total. The van der Waals surface area contributed by atoms with Crippen LogP contribution in [0, 0.1) is 0 Å². The fraction of sp³-hybridized carbons (Fsp3) is 0.0119. The van der Waals surface area contributed by atoms with Crippen molar-refractivity contribution in [2.24, 2.45) is 0 Å². The topological polar surface area (TPSA) is 35.7 Å². The number of aromatic nitrogens is 3. The molecule has 13 aromatic carbocycles. The average Bonchev–Trinajstić information content (AvgIpc) is 1.66.